The molecule has 2 N–H and O–H groups in total. The fourth-order valence-corrected chi connectivity index (χ4v) is 3.28. The van der Waals surface area contributed by atoms with E-state index in [1.54, 1.807) is 30.3 Å². The predicted octanol–water partition coefficient (Wildman–Crippen LogP) is 5.32. The van der Waals surface area contributed by atoms with Gasteiger partial charge in [-0.25, -0.2) is 0 Å². The zero-order valence-corrected chi connectivity index (χ0v) is 18.7. The first-order valence-electron chi connectivity index (χ1n) is 9.45. The largest absolute Gasteiger partial charge is 0.496 e. The molecule has 0 aliphatic rings. The van der Waals surface area contributed by atoms with Gasteiger partial charge in [0.15, 0.2) is 0 Å². The molecule has 0 atom stereocenters. The number of benzene rings is 3. The minimum Gasteiger partial charge on any atom is -0.496 e. The maximum absolute atomic E-state index is 13.0. The topological polar surface area (TPSA) is 111 Å². The average molecular weight is 486 g/mol. The summed E-state index contributed by atoms with van der Waals surface area (Å²) in [4.78, 5) is 36.3. The van der Waals surface area contributed by atoms with Crippen LogP contribution in [0, 0.1) is 10.1 Å². The molecule has 168 valence electrons. The highest BCUT2D eigenvalue weighted by atomic mass is 35.5. The summed E-state index contributed by atoms with van der Waals surface area (Å²) < 4.78 is 5.21. The van der Waals surface area contributed by atoms with Crippen LogP contribution in [0.5, 0.6) is 5.75 Å². The van der Waals surface area contributed by atoms with Gasteiger partial charge in [-0.05, 0) is 54.1 Å². The van der Waals surface area contributed by atoms with Crippen LogP contribution in [0.1, 0.15) is 15.9 Å². The number of carbonyl (C=O) groups excluding carboxylic acids is 2. The van der Waals surface area contributed by atoms with Gasteiger partial charge >= 0.3 is 0 Å². The number of hydrogen-bond acceptors (Lipinski definition) is 5. The third-order valence-corrected chi connectivity index (χ3v) is 4.99. The quantitative estimate of drug-likeness (QED) is 0.267. The van der Waals surface area contributed by atoms with Crippen LogP contribution < -0.4 is 15.4 Å². The van der Waals surface area contributed by atoms with Crippen molar-refractivity contribution in [1.29, 1.82) is 0 Å². The Morgan fingerprint density at radius 3 is 2.36 bits per heavy atom. The van der Waals surface area contributed by atoms with E-state index in [4.69, 9.17) is 27.9 Å². The lowest BCUT2D eigenvalue weighted by Crippen LogP contribution is -2.31. The fourth-order valence-electron chi connectivity index (χ4n) is 2.82. The monoisotopic (exact) mass is 485 g/mol. The Bertz CT molecular complexity index is 1240. The Morgan fingerprint density at radius 2 is 1.73 bits per heavy atom. The van der Waals surface area contributed by atoms with Gasteiger partial charge in [-0.3, -0.25) is 19.7 Å². The second kappa shape index (κ2) is 10.6. The molecule has 0 unspecified atom stereocenters. The van der Waals surface area contributed by atoms with Crippen molar-refractivity contribution in [2.75, 3.05) is 12.4 Å². The number of hydrogen-bond donors (Lipinski definition) is 2. The van der Waals surface area contributed by atoms with Crippen molar-refractivity contribution in [3.8, 4) is 5.75 Å². The van der Waals surface area contributed by atoms with Crippen molar-refractivity contribution in [2.45, 2.75) is 0 Å². The molecule has 0 fully saturated rings. The van der Waals surface area contributed by atoms with Crippen molar-refractivity contribution in [3.05, 3.63) is 104 Å². The summed E-state index contributed by atoms with van der Waals surface area (Å²) in [6.45, 7) is 0. The number of methoxy groups -OCH3 is 1. The summed E-state index contributed by atoms with van der Waals surface area (Å²) >= 11 is 12.0. The normalized spacial score (nSPS) is 10.9. The number of nitro groups is 1. The summed E-state index contributed by atoms with van der Waals surface area (Å²) in [5.41, 5.74) is 0.724. The first-order valence-corrected chi connectivity index (χ1v) is 10.2. The first kappa shape index (κ1) is 23.8. The summed E-state index contributed by atoms with van der Waals surface area (Å²) in [6.07, 6.45) is 1.39. The lowest BCUT2D eigenvalue weighted by Gasteiger charge is -2.13. The van der Waals surface area contributed by atoms with Gasteiger partial charge < -0.3 is 15.4 Å². The minimum atomic E-state index is -0.666. The number of para-hydroxylation sites is 1. The average Bonchev–Trinajstić information content (AvgIpc) is 2.80. The van der Waals surface area contributed by atoms with Gasteiger partial charge in [0.05, 0.1) is 28.3 Å². The van der Waals surface area contributed by atoms with Crippen molar-refractivity contribution >= 4 is 52.5 Å². The summed E-state index contributed by atoms with van der Waals surface area (Å²) in [5.74, 6) is -0.926. The zero-order valence-electron chi connectivity index (χ0n) is 17.2. The van der Waals surface area contributed by atoms with Crippen molar-refractivity contribution < 1.29 is 19.2 Å². The number of ether oxygens (including phenoxy) is 1. The lowest BCUT2D eigenvalue weighted by molar-refractivity contribution is -0.384. The molecule has 0 saturated carbocycles. The summed E-state index contributed by atoms with van der Waals surface area (Å²) in [5, 5.41) is 16.7. The molecule has 0 aliphatic carbocycles. The summed E-state index contributed by atoms with van der Waals surface area (Å²) in [6, 6.07) is 16.6. The van der Waals surface area contributed by atoms with Gasteiger partial charge in [-0.15, -0.1) is 0 Å². The smallest absolute Gasteiger partial charge is 0.272 e. The highest BCUT2D eigenvalue weighted by Crippen LogP contribution is 2.26. The van der Waals surface area contributed by atoms with Crippen molar-refractivity contribution in [1.82, 2.24) is 5.32 Å². The van der Waals surface area contributed by atoms with Gasteiger partial charge in [-0.2, -0.15) is 0 Å². The molecule has 0 aliphatic heterocycles. The third kappa shape index (κ3) is 6.09. The van der Waals surface area contributed by atoms with Crippen LogP contribution in [-0.2, 0) is 4.79 Å². The second-order valence-electron chi connectivity index (χ2n) is 6.64. The maximum atomic E-state index is 13.0. The molecule has 3 aromatic rings. The number of halogens is 2. The van der Waals surface area contributed by atoms with Crippen LogP contribution in [-0.4, -0.2) is 23.8 Å². The number of nitrogens with zero attached hydrogens (tertiary/aromatic N) is 1. The molecular weight excluding hydrogens is 469 g/mol. The Labute approximate surface area is 198 Å². The van der Waals surface area contributed by atoms with Crippen LogP contribution in [0.4, 0.5) is 11.4 Å². The zero-order chi connectivity index (χ0) is 24.0. The van der Waals surface area contributed by atoms with E-state index in [0.29, 0.717) is 16.3 Å². The van der Waals surface area contributed by atoms with E-state index >= 15 is 0 Å². The van der Waals surface area contributed by atoms with E-state index in [1.807, 2.05) is 0 Å². The van der Waals surface area contributed by atoms with E-state index in [1.165, 1.54) is 49.6 Å². The van der Waals surface area contributed by atoms with E-state index in [-0.39, 0.29) is 27.7 Å². The molecule has 0 aromatic heterocycles. The Morgan fingerprint density at radius 1 is 1.03 bits per heavy atom. The number of amides is 2. The molecule has 33 heavy (non-hydrogen) atoms. The number of nitrogens with one attached hydrogen (secondary N) is 2. The number of carbonyl (C=O) groups is 2. The molecule has 3 aromatic carbocycles. The standard InChI is InChI=1S/C23H17Cl2N3O5/c1-33-21-5-3-2-4-17(21)22(29)27-20(12-14-6-9-16(10-7-14)28(31)32)23(30)26-19-11-8-15(24)13-18(19)25/h2-13H,1H3,(H,26,30)(H,27,29). The Kier molecular flexibility index (Phi) is 7.66. The van der Waals surface area contributed by atoms with Crippen LogP contribution >= 0.6 is 23.2 Å². The molecule has 0 spiro atoms. The predicted molar refractivity (Wildman–Crippen MR) is 127 cm³/mol. The number of anilines is 1. The molecule has 0 radical (unpaired) electrons. The molecule has 10 heteroatoms. The van der Waals surface area contributed by atoms with Gasteiger partial charge in [0.25, 0.3) is 17.5 Å². The molecule has 0 heterocycles. The maximum Gasteiger partial charge on any atom is 0.272 e. The van der Waals surface area contributed by atoms with Crippen LogP contribution in [0.25, 0.3) is 6.08 Å². The van der Waals surface area contributed by atoms with Crippen LogP contribution in [0.3, 0.4) is 0 Å². The number of non-ortho nitro benzene ring substituents is 1. The van der Waals surface area contributed by atoms with E-state index < -0.39 is 16.7 Å². The summed E-state index contributed by atoms with van der Waals surface area (Å²) in [7, 11) is 1.43. The highest BCUT2D eigenvalue weighted by Gasteiger charge is 2.18. The number of rotatable bonds is 7. The number of nitro benzene ring substituents is 1. The Hall–Kier alpha value is -3.88. The first-order chi connectivity index (χ1) is 15.8. The van der Waals surface area contributed by atoms with Gasteiger partial charge in [0.2, 0.25) is 0 Å². The molecule has 3 rings (SSSR count). The minimum absolute atomic E-state index is 0.107. The fraction of sp³-hybridized carbons (Fsp3) is 0.0435. The molecular formula is C23H17Cl2N3O5. The van der Waals surface area contributed by atoms with E-state index in [9.17, 15) is 19.7 Å². The highest BCUT2D eigenvalue weighted by molar-refractivity contribution is 6.36. The van der Waals surface area contributed by atoms with E-state index in [2.05, 4.69) is 10.6 Å². The second-order valence-corrected chi connectivity index (χ2v) is 7.48. The van der Waals surface area contributed by atoms with Crippen molar-refractivity contribution in [2.24, 2.45) is 0 Å². The molecule has 8 nitrogen and oxygen atoms in total. The van der Waals surface area contributed by atoms with Gasteiger partial charge in [0, 0.05) is 17.2 Å². The van der Waals surface area contributed by atoms with Gasteiger partial charge in [-0.1, -0.05) is 35.3 Å². The van der Waals surface area contributed by atoms with E-state index in [0.717, 1.165) is 0 Å². The van der Waals surface area contributed by atoms with Crippen LogP contribution in [0.2, 0.25) is 10.0 Å². The third-order valence-electron chi connectivity index (χ3n) is 4.44. The van der Waals surface area contributed by atoms with Crippen LogP contribution in [0.15, 0.2) is 72.4 Å². The van der Waals surface area contributed by atoms with Gasteiger partial charge in [0.1, 0.15) is 11.4 Å². The Balaban J connectivity index is 1.95. The SMILES string of the molecule is COc1ccccc1C(=O)NC(=Cc1ccc([N+](=O)[O-])cc1)C(=O)Nc1ccc(Cl)cc1Cl. The van der Waals surface area contributed by atoms with Crippen molar-refractivity contribution in [3.63, 3.8) is 0 Å². The molecule has 0 saturated heterocycles. The molecule has 2 amide bonds. The molecule has 0 bridgehead atoms. The lowest BCUT2D eigenvalue weighted by atomic mass is 10.1.